The number of aliphatic carboxylic acids is 2. The van der Waals surface area contributed by atoms with Crippen LogP contribution >= 0.6 is 0 Å². The molecule has 2 fully saturated rings. The van der Waals surface area contributed by atoms with E-state index in [1.165, 1.54) is 0 Å². The van der Waals surface area contributed by atoms with E-state index in [9.17, 15) is 27.6 Å². The lowest BCUT2D eigenvalue weighted by Crippen LogP contribution is -2.46. The molecule has 0 aromatic heterocycles. The highest BCUT2D eigenvalue weighted by molar-refractivity contribution is 5.82. The summed E-state index contributed by atoms with van der Waals surface area (Å²) in [6.45, 7) is 3.08. The molecular weight excluding hydrogens is 447 g/mol. The third-order valence-electron chi connectivity index (χ3n) is 5.59. The van der Waals surface area contributed by atoms with E-state index >= 15 is 0 Å². The summed E-state index contributed by atoms with van der Waals surface area (Å²) in [5.41, 5.74) is 0. The number of terminal acetylenes is 1. The fourth-order valence-corrected chi connectivity index (χ4v) is 3.64. The molecule has 0 aromatic carbocycles. The van der Waals surface area contributed by atoms with E-state index in [1.54, 1.807) is 4.90 Å². The number of carbonyl (C=O) groups is 4. The number of nitrogens with zero attached hydrogens (tertiary/aromatic N) is 1. The topological polar surface area (TPSA) is 136 Å². The Hall–Kier alpha value is -2.81. The highest BCUT2D eigenvalue weighted by Crippen LogP contribution is 2.21. The number of carboxylic acid groups (broad SMARTS) is 2. The van der Waals surface area contributed by atoms with Crippen LogP contribution in [0, 0.1) is 30.1 Å². The average Bonchev–Trinajstić information content (AvgIpc) is 2.78. The van der Waals surface area contributed by atoms with Crippen molar-refractivity contribution in [3.05, 3.63) is 0 Å². The first-order valence-corrected chi connectivity index (χ1v) is 10.7. The standard InChI is InChI=1S/C19H29N3O4.C2HF3O2/c1-2-15(19(25)26)12-21-18(24)16-4-3-11-22(13-16)17(23)6-5-14-7-9-20-10-8-14;3-2(4,5)1(6)7/h1,14-16,20H,3-13H2,(H,21,24)(H,25,26);(H,6,7)/t15-,16+;/m0./s1. The summed E-state index contributed by atoms with van der Waals surface area (Å²) >= 11 is 0. The van der Waals surface area contributed by atoms with Crippen molar-refractivity contribution in [1.82, 2.24) is 15.5 Å². The van der Waals surface area contributed by atoms with Crippen molar-refractivity contribution in [1.29, 1.82) is 0 Å². The van der Waals surface area contributed by atoms with E-state index in [0.717, 1.165) is 38.8 Å². The van der Waals surface area contributed by atoms with Crippen molar-refractivity contribution in [3.63, 3.8) is 0 Å². The maximum atomic E-state index is 12.5. The Morgan fingerprint density at radius 2 is 1.76 bits per heavy atom. The number of halogens is 3. The second kappa shape index (κ2) is 13.7. The van der Waals surface area contributed by atoms with E-state index in [4.69, 9.17) is 21.4 Å². The van der Waals surface area contributed by atoms with Gasteiger partial charge in [0.05, 0.1) is 5.92 Å². The molecule has 9 nitrogen and oxygen atoms in total. The number of alkyl halides is 3. The van der Waals surface area contributed by atoms with Gasteiger partial charge >= 0.3 is 18.1 Å². The zero-order chi connectivity index (χ0) is 25.0. The first-order chi connectivity index (χ1) is 15.5. The molecule has 2 rings (SSSR count). The number of rotatable bonds is 7. The van der Waals surface area contributed by atoms with Crippen LogP contribution < -0.4 is 10.6 Å². The number of carbonyl (C=O) groups excluding carboxylic acids is 2. The molecule has 186 valence electrons. The van der Waals surface area contributed by atoms with Crippen molar-refractivity contribution >= 4 is 23.8 Å². The molecule has 2 aliphatic heterocycles. The first kappa shape index (κ1) is 28.2. The minimum atomic E-state index is -5.08. The van der Waals surface area contributed by atoms with E-state index in [1.807, 2.05) is 0 Å². The summed E-state index contributed by atoms with van der Waals surface area (Å²) in [6.07, 6.45) is 5.26. The Labute approximate surface area is 190 Å². The van der Waals surface area contributed by atoms with Crippen LogP contribution in [0.1, 0.15) is 38.5 Å². The summed E-state index contributed by atoms with van der Waals surface area (Å²) in [7, 11) is 0. The maximum absolute atomic E-state index is 12.5. The SMILES string of the molecule is C#C[C@@H](CNC(=O)[C@@H]1CCCN(C(=O)CCC2CCNCC2)C1)C(=O)O.O=C(O)C(F)(F)F. The van der Waals surface area contributed by atoms with Gasteiger partial charge in [0, 0.05) is 26.1 Å². The Balaban J connectivity index is 0.000000675. The molecule has 0 saturated carbocycles. The van der Waals surface area contributed by atoms with Crippen LogP contribution in [0.3, 0.4) is 0 Å². The van der Waals surface area contributed by atoms with E-state index in [2.05, 4.69) is 16.6 Å². The number of carboxylic acids is 2. The zero-order valence-electron chi connectivity index (χ0n) is 18.2. The Morgan fingerprint density at radius 3 is 2.27 bits per heavy atom. The van der Waals surface area contributed by atoms with Crippen LogP contribution in [0.2, 0.25) is 0 Å². The minimum absolute atomic E-state index is 0.0785. The van der Waals surface area contributed by atoms with Gasteiger partial charge in [-0.05, 0) is 51.1 Å². The molecule has 2 amide bonds. The van der Waals surface area contributed by atoms with Gasteiger partial charge in [-0.2, -0.15) is 13.2 Å². The summed E-state index contributed by atoms with van der Waals surface area (Å²) in [6, 6.07) is 0. The molecule has 2 heterocycles. The fourth-order valence-electron chi connectivity index (χ4n) is 3.64. The molecule has 0 radical (unpaired) electrons. The van der Waals surface area contributed by atoms with Gasteiger partial charge in [0.15, 0.2) is 0 Å². The second-order valence-corrected chi connectivity index (χ2v) is 8.02. The van der Waals surface area contributed by atoms with Gasteiger partial charge in [-0.1, -0.05) is 5.92 Å². The molecule has 2 aliphatic rings. The van der Waals surface area contributed by atoms with Crippen LogP contribution in [0.5, 0.6) is 0 Å². The third-order valence-corrected chi connectivity index (χ3v) is 5.59. The van der Waals surface area contributed by atoms with Crippen molar-refractivity contribution in [2.45, 2.75) is 44.7 Å². The van der Waals surface area contributed by atoms with Gasteiger partial charge in [-0.3, -0.25) is 14.4 Å². The van der Waals surface area contributed by atoms with Gasteiger partial charge in [-0.15, -0.1) is 6.42 Å². The van der Waals surface area contributed by atoms with Crippen LogP contribution in [-0.2, 0) is 19.2 Å². The third kappa shape index (κ3) is 10.6. The minimum Gasteiger partial charge on any atom is -0.480 e. The summed E-state index contributed by atoms with van der Waals surface area (Å²) in [4.78, 5) is 46.4. The average molecular weight is 477 g/mol. The first-order valence-electron chi connectivity index (χ1n) is 10.7. The second-order valence-electron chi connectivity index (χ2n) is 8.02. The molecule has 12 heteroatoms. The highest BCUT2D eigenvalue weighted by atomic mass is 19.4. The van der Waals surface area contributed by atoms with E-state index in [0.29, 0.717) is 31.8 Å². The monoisotopic (exact) mass is 477 g/mol. The Bertz CT molecular complexity index is 732. The van der Waals surface area contributed by atoms with Crippen LogP contribution in [0.15, 0.2) is 0 Å². The lowest BCUT2D eigenvalue weighted by atomic mass is 9.92. The van der Waals surface area contributed by atoms with Gasteiger partial charge in [0.1, 0.15) is 5.92 Å². The molecule has 33 heavy (non-hydrogen) atoms. The fraction of sp³-hybridized carbons (Fsp3) is 0.714. The Morgan fingerprint density at radius 1 is 1.15 bits per heavy atom. The van der Waals surface area contributed by atoms with Crippen LogP contribution in [-0.4, -0.2) is 77.8 Å². The number of amides is 2. The molecule has 0 spiro atoms. The molecule has 0 bridgehead atoms. The van der Waals surface area contributed by atoms with Gasteiger partial charge in [0.25, 0.3) is 0 Å². The predicted octanol–water partition coefficient (Wildman–Crippen LogP) is 1.09. The quantitative estimate of drug-likeness (QED) is 0.403. The summed E-state index contributed by atoms with van der Waals surface area (Å²) in [5, 5.41) is 22.0. The zero-order valence-corrected chi connectivity index (χ0v) is 18.2. The van der Waals surface area contributed by atoms with Crippen molar-refractivity contribution in [2.24, 2.45) is 17.8 Å². The molecular formula is C21H30F3N3O6. The smallest absolute Gasteiger partial charge is 0.480 e. The number of hydrogen-bond donors (Lipinski definition) is 4. The highest BCUT2D eigenvalue weighted by Gasteiger charge is 2.38. The van der Waals surface area contributed by atoms with Crippen molar-refractivity contribution in [3.8, 4) is 12.3 Å². The molecule has 0 aromatic rings. The van der Waals surface area contributed by atoms with Gasteiger partial charge < -0.3 is 25.7 Å². The van der Waals surface area contributed by atoms with E-state index in [-0.39, 0.29) is 24.3 Å². The lowest BCUT2D eigenvalue weighted by Gasteiger charge is -2.33. The van der Waals surface area contributed by atoms with Gasteiger partial charge in [-0.25, -0.2) is 4.79 Å². The number of hydrogen-bond acceptors (Lipinski definition) is 5. The largest absolute Gasteiger partial charge is 0.490 e. The molecule has 2 saturated heterocycles. The summed E-state index contributed by atoms with van der Waals surface area (Å²) < 4.78 is 31.7. The van der Waals surface area contributed by atoms with Crippen LogP contribution in [0.25, 0.3) is 0 Å². The molecule has 0 aliphatic carbocycles. The lowest BCUT2D eigenvalue weighted by molar-refractivity contribution is -0.192. The van der Waals surface area contributed by atoms with Crippen LogP contribution in [0.4, 0.5) is 13.2 Å². The predicted molar refractivity (Wildman–Crippen MR) is 111 cm³/mol. The molecule has 0 unspecified atom stereocenters. The van der Waals surface area contributed by atoms with Crippen molar-refractivity contribution in [2.75, 3.05) is 32.7 Å². The maximum Gasteiger partial charge on any atom is 0.490 e. The normalized spacial score (nSPS) is 19.9. The Kier molecular flexibility index (Phi) is 11.7. The molecule has 4 N–H and O–H groups in total. The number of likely N-dealkylation sites (tertiary alicyclic amines) is 1. The number of piperidine rings is 2. The number of nitrogens with one attached hydrogen (secondary N) is 2. The summed E-state index contributed by atoms with van der Waals surface area (Å²) in [5.74, 6) is -2.53. The van der Waals surface area contributed by atoms with E-state index < -0.39 is 24.0 Å². The van der Waals surface area contributed by atoms with Gasteiger partial charge in [0.2, 0.25) is 11.8 Å². The van der Waals surface area contributed by atoms with Crippen molar-refractivity contribution < 1.29 is 42.6 Å². The molecule has 2 atom stereocenters.